The minimum Gasteiger partial charge on any atom is -0.337 e. The minimum atomic E-state index is -0.0344. The van der Waals surface area contributed by atoms with Gasteiger partial charge in [0.2, 0.25) is 0 Å². The summed E-state index contributed by atoms with van der Waals surface area (Å²) in [6.45, 7) is 3.59. The van der Waals surface area contributed by atoms with Crippen LogP contribution < -0.4 is 0 Å². The van der Waals surface area contributed by atoms with E-state index in [1.54, 1.807) is 12.4 Å². The molecule has 28 heavy (non-hydrogen) atoms. The Morgan fingerprint density at radius 1 is 1.07 bits per heavy atom. The Labute approximate surface area is 165 Å². The number of aromatic nitrogens is 3. The largest absolute Gasteiger partial charge is 0.337 e. The average molecular weight is 372 g/mol. The van der Waals surface area contributed by atoms with E-state index in [4.69, 9.17) is 4.98 Å². The van der Waals surface area contributed by atoms with Crippen molar-refractivity contribution in [1.82, 2.24) is 19.9 Å². The predicted molar refractivity (Wildman–Crippen MR) is 108 cm³/mol. The Balaban J connectivity index is 1.41. The maximum atomic E-state index is 12.5. The molecular weight excluding hydrogens is 348 g/mol. The van der Waals surface area contributed by atoms with Gasteiger partial charge in [0.05, 0.1) is 6.20 Å². The number of piperidine rings is 1. The lowest BCUT2D eigenvalue weighted by Crippen LogP contribution is -2.38. The molecule has 0 saturated carbocycles. The van der Waals surface area contributed by atoms with Gasteiger partial charge in [-0.2, -0.15) is 0 Å². The van der Waals surface area contributed by atoms with Crippen molar-refractivity contribution >= 4 is 5.91 Å². The fourth-order valence-corrected chi connectivity index (χ4v) is 3.78. The molecule has 1 fully saturated rings. The maximum absolute atomic E-state index is 12.5. The maximum Gasteiger partial charge on any atom is 0.274 e. The molecule has 0 N–H and O–H groups in total. The average Bonchev–Trinajstić information content (AvgIpc) is 2.76. The number of carbonyl (C=O) groups is 1. The molecule has 142 valence electrons. The molecule has 2 aromatic heterocycles. The molecule has 1 amide bonds. The van der Waals surface area contributed by atoms with Gasteiger partial charge in [-0.05, 0) is 43.0 Å². The Morgan fingerprint density at radius 3 is 2.64 bits per heavy atom. The summed E-state index contributed by atoms with van der Waals surface area (Å²) in [4.78, 5) is 27.5. The highest BCUT2D eigenvalue weighted by molar-refractivity contribution is 5.92. The van der Waals surface area contributed by atoms with E-state index in [9.17, 15) is 4.79 Å². The van der Waals surface area contributed by atoms with Crippen LogP contribution >= 0.6 is 0 Å². The molecule has 1 saturated heterocycles. The zero-order chi connectivity index (χ0) is 19.3. The van der Waals surface area contributed by atoms with E-state index in [0.717, 1.165) is 43.7 Å². The molecule has 0 unspecified atom stereocenters. The molecule has 0 aliphatic carbocycles. The molecule has 3 aromatic rings. The van der Waals surface area contributed by atoms with Crippen molar-refractivity contribution in [1.29, 1.82) is 0 Å². The van der Waals surface area contributed by atoms with E-state index >= 15 is 0 Å². The van der Waals surface area contributed by atoms with Crippen molar-refractivity contribution in [2.24, 2.45) is 0 Å². The van der Waals surface area contributed by atoms with Crippen molar-refractivity contribution in [3.8, 4) is 0 Å². The van der Waals surface area contributed by atoms with Crippen LogP contribution in [0.15, 0.2) is 61.1 Å². The summed E-state index contributed by atoms with van der Waals surface area (Å²) in [6, 6.07) is 14.8. The fourth-order valence-electron chi connectivity index (χ4n) is 3.78. The van der Waals surface area contributed by atoms with Crippen LogP contribution in [0.2, 0.25) is 0 Å². The van der Waals surface area contributed by atoms with E-state index in [-0.39, 0.29) is 5.91 Å². The second kappa shape index (κ2) is 8.30. The Morgan fingerprint density at radius 2 is 1.89 bits per heavy atom. The van der Waals surface area contributed by atoms with Crippen LogP contribution in [0.4, 0.5) is 0 Å². The second-order valence-corrected chi connectivity index (χ2v) is 7.31. The number of hydrogen-bond acceptors (Lipinski definition) is 4. The summed E-state index contributed by atoms with van der Waals surface area (Å²) >= 11 is 0. The summed E-state index contributed by atoms with van der Waals surface area (Å²) in [7, 11) is 0. The van der Waals surface area contributed by atoms with Crippen molar-refractivity contribution in [3.05, 3.63) is 89.3 Å². The van der Waals surface area contributed by atoms with Gasteiger partial charge in [-0.15, -0.1) is 0 Å². The fraction of sp³-hybridized carbons (Fsp3) is 0.304. The lowest BCUT2D eigenvalue weighted by molar-refractivity contribution is 0.0705. The molecule has 1 aliphatic rings. The number of rotatable bonds is 4. The molecular formula is C23H24N4O. The number of pyridine rings is 1. The normalized spacial score (nSPS) is 14.8. The summed E-state index contributed by atoms with van der Waals surface area (Å²) in [5, 5.41) is 0. The first-order valence-corrected chi connectivity index (χ1v) is 9.76. The van der Waals surface area contributed by atoms with Gasteiger partial charge in [0.25, 0.3) is 5.91 Å². The molecule has 5 nitrogen and oxygen atoms in total. The number of nitrogens with zero attached hydrogens (tertiary/aromatic N) is 4. The van der Waals surface area contributed by atoms with Crippen LogP contribution in [0, 0.1) is 6.92 Å². The highest BCUT2D eigenvalue weighted by Gasteiger charge is 2.26. The summed E-state index contributed by atoms with van der Waals surface area (Å²) in [5.41, 5.74) is 5.27. The molecule has 1 aromatic carbocycles. The Bertz CT molecular complexity index is 950. The third-order valence-corrected chi connectivity index (χ3v) is 5.44. The van der Waals surface area contributed by atoms with E-state index in [1.165, 1.54) is 17.3 Å². The highest BCUT2D eigenvalue weighted by Crippen LogP contribution is 2.27. The molecule has 3 heterocycles. The van der Waals surface area contributed by atoms with Crippen LogP contribution in [-0.2, 0) is 6.42 Å². The van der Waals surface area contributed by atoms with Crippen LogP contribution in [0.3, 0.4) is 0 Å². The van der Waals surface area contributed by atoms with Crippen LogP contribution in [0.1, 0.15) is 51.8 Å². The third kappa shape index (κ3) is 4.09. The van der Waals surface area contributed by atoms with Crippen molar-refractivity contribution in [2.45, 2.75) is 32.1 Å². The van der Waals surface area contributed by atoms with Gasteiger partial charge in [0, 0.05) is 49.2 Å². The van der Waals surface area contributed by atoms with Gasteiger partial charge in [-0.3, -0.25) is 14.8 Å². The first-order valence-electron chi connectivity index (χ1n) is 9.76. The molecule has 0 spiro atoms. The van der Waals surface area contributed by atoms with Gasteiger partial charge in [-0.25, -0.2) is 4.98 Å². The summed E-state index contributed by atoms with van der Waals surface area (Å²) < 4.78 is 0. The molecule has 4 rings (SSSR count). The number of aryl methyl sites for hydroxylation is 1. The number of likely N-dealkylation sites (tertiary alicyclic amines) is 1. The summed E-state index contributed by atoms with van der Waals surface area (Å²) in [6.07, 6.45) is 7.37. The minimum absolute atomic E-state index is 0.0344. The van der Waals surface area contributed by atoms with Crippen LogP contribution in [0.25, 0.3) is 0 Å². The topological polar surface area (TPSA) is 59.0 Å². The Hall–Kier alpha value is -3.08. The van der Waals surface area contributed by atoms with E-state index in [0.29, 0.717) is 11.6 Å². The van der Waals surface area contributed by atoms with Crippen molar-refractivity contribution in [3.63, 3.8) is 0 Å². The van der Waals surface area contributed by atoms with Crippen LogP contribution in [-0.4, -0.2) is 38.8 Å². The standard InChI is InChI=1S/C23H24N4O/c1-17-5-2-3-6-19(17)15-20-7-4-8-21(26-20)18-9-13-27(14-10-18)23(28)22-16-24-11-12-25-22/h2-8,11-12,16,18H,9-10,13-15H2,1H3. The monoisotopic (exact) mass is 372 g/mol. The quantitative estimate of drug-likeness (QED) is 0.699. The number of carbonyl (C=O) groups excluding carboxylic acids is 1. The molecule has 0 atom stereocenters. The summed E-state index contributed by atoms with van der Waals surface area (Å²) in [5.74, 6) is 0.357. The molecule has 0 radical (unpaired) electrons. The van der Waals surface area contributed by atoms with Gasteiger partial charge >= 0.3 is 0 Å². The zero-order valence-corrected chi connectivity index (χ0v) is 16.1. The lowest BCUT2D eigenvalue weighted by atomic mass is 9.92. The smallest absolute Gasteiger partial charge is 0.274 e. The van der Waals surface area contributed by atoms with E-state index < -0.39 is 0 Å². The Kier molecular flexibility index (Phi) is 5.42. The SMILES string of the molecule is Cc1ccccc1Cc1cccc(C2CCN(C(=O)c3cnccn3)CC2)n1. The number of hydrogen-bond donors (Lipinski definition) is 0. The van der Waals surface area contributed by atoms with Gasteiger partial charge in [0.15, 0.2) is 0 Å². The highest BCUT2D eigenvalue weighted by atomic mass is 16.2. The molecule has 5 heteroatoms. The van der Waals surface area contributed by atoms with E-state index in [2.05, 4.69) is 59.4 Å². The molecule has 1 aliphatic heterocycles. The first kappa shape index (κ1) is 18.3. The number of amides is 1. The number of benzene rings is 1. The van der Waals surface area contributed by atoms with Gasteiger partial charge in [-0.1, -0.05) is 30.3 Å². The zero-order valence-electron chi connectivity index (χ0n) is 16.1. The van der Waals surface area contributed by atoms with Gasteiger partial charge in [0.1, 0.15) is 5.69 Å². The first-order chi connectivity index (χ1) is 13.7. The van der Waals surface area contributed by atoms with Crippen LogP contribution in [0.5, 0.6) is 0 Å². The lowest BCUT2D eigenvalue weighted by Gasteiger charge is -2.31. The van der Waals surface area contributed by atoms with E-state index in [1.807, 2.05) is 4.90 Å². The molecule has 0 bridgehead atoms. The van der Waals surface area contributed by atoms with Crippen molar-refractivity contribution in [2.75, 3.05) is 13.1 Å². The van der Waals surface area contributed by atoms with Crippen molar-refractivity contribution < 1.29 is 4.79 Å². The second-order valence-electron chi connectivity index (χ2n) is 7.31. The third-order valence-electron chi connectivity index (χ3n) is 5.44. The van der Waals surface area contributed by atoms with Gasteiger partial charge < -0.3 is 4.90 Å². The predicted octanol–water partition coefficient (Wildman–Crippen LogP) is 3.79.